The molecule has 2 aromatic heterocycles. The average molecular weight is 524 g/mol. The summed E-state index contributed by atoms with van der Waals surface area (Å²) >= 11 is 2.15. The van der Waals surface area contributed by atoms with Gasteiger partial charge in [0.2, 0.25) is 5.91 Å². The number of aryl methyl sites for hydroxylation is 1. The summed E-state index contributed by atoms with van der Waals surface area (Å²) in [7, 11) is 1.61. The van der Waals surface area contributed by atoms with Crippen molar-refractivity contribution in [2.45, 2.75) is 19.4 Å². The average Bonchev–Trinajstić information content (AvgIpc) is 3.39. The van der Waals surface area contributed by atoms with Gasteiger partial charge in [-0.3, -0.25) is 14.3 Å². The predicted molar refractivity (Wildman–Crippen MR) is 115 cm³/mol. The molecule has 10 nitrogen and oxygen atoms in total. The molecule has 0 unspecified atom stereocenters. The number of carbonyl (C=O) groups is 2. The van der Waals surface area contributed by atoms with E-state index in [0.29, 0.717) is 31.8 Å². The lowest BCUT2D eigenvalue weighted by Gasteiger charge is -2.06. The van der Waals surface area contributed by atoms with E-state index in [0.717, 1.165) is 14.9 Å². The largest absolute Gasteiger partial charge is 0.497 e. The Labute approximate surface area is 186 Å². The summed E-state index contributed by atoms with van der Waals surface area (Å²) in [6, 6.07) is 7.58. The van der Waals surface area contributed by atoms with Crippen molar-refractivity contribution in [3.8, 4) is 5.75 Å². The molecule has 0 bridgehead atoms. The summed E-state index contributed by atoms with van der Waals surface area (Å²) in [6.07, 6.45) is 4.52. The molecule has 0 spiro atoms. The zero-order valence-electron chi connectivity index (χ0n) is 16.3. The standard InChI is InChI=1S/C19H21IN6O4/c1-29-15-5-2-13(3-6-15)4-7-17(27)21-8-9-22-18(28)19-24-16(25-30-19)12-26-11-14(20)10-23-26/h2-3,5-6,10-11H,4,7-9,12H2,1H3,(H,21,27)(H,22,28). The van der Waals surface area contributed by atoms with Gasteiger partial charge in [0.25, 0.3) is 0 Å². The third-order valence-electron chi connectivity index (χ3n) is 4.10. The van der Waals surface area contributed by atoms with Crippen LogP contribution in [0, 0.1) is 3.57 Å². The number of hydrogen-bond donors (Lipinski definition) is 2. The SMILES string of the molecule is COc1ccc(CCC(=O)NCCNC(=O)c2nc(Cn3cc(I)cn3)no2)cc1. The third kappa shape index (κ3) is 6.54. The number of aromatic nitrogens is 4. The van der Waals surface area contributed by atoms with E-state index >= 15 is 0 Å². The normalized spacial score (nSPS) is 10.6. The molecule has 2 amide bonds. The smallest absolute Gasteiger partial charge is 0.316 e. The van der Waals surface area contributed by atoms with Crippen LogP contribution in [0.4, 0.5) is 0 Å². The maximum atomic E-state index is 12.1. The number of benzene rings is 1. The summed E-state index contributed by atoms with van der Waals surface area (Å²) in [6.45, 7) is 0.867. The van der Waals surface area contributed by atoms with Crippen molar-refractivity contribution in [1.82, 2.24) is 30.6 Å². The summed E-state index contributed by atoms with van der Waals surface area (Å²) < 4.78 is 12.7. The molecule has 0 aliphatic rings. The highest BCUT2D eigenvalue weighted by Crippen LogP contribution is 2.12. The molecule has 158 valence electrons. The van der Waals surface area contributed by atoms with Crippen LogP contribution in [0.2, 0.25) is 0 Å². The number of methoxy groups -OCH3 is 1. The molecule has 0 saturated heterocycles. The fourth-order valence-electron chi connectivity index (χ4n) is 2.57. The second-order valence-corrected chi connectivity index (χ2v) is 7.57. The Morgan fingerprint density at radius 2 is 1.97 bits per heavy atom. The highest BCUT2D eigenvalue weighted by atomic mass is 127. The number of rotatable bonds is 10. The third-order valence-corrected chi connectivity index (χ3v) is 4.66. The lowest BCUT2D eigenvalue weighted by atomic mass is 10.1. The Bertz CT molecular complexity index is 985. The van der Waals surface area contributed by atoms with Gasteiger partial charge in [-0.1, -0.05) is 17.3 Å². The summed E-state index contributed by atoms with van der Waals surface area (Å²) in [5.74, 6) is 0.429. The van der Waals surface area contributed by atoms with Gasteiger partial charge in [-0.2, -0.15) is 10.1 Å². The van der Waals surface area contributed by atoms with Crippen LogP contribution in [0.1, 0.15) is 28.5 Å². The Morgan fingerprint density at radius 1 is 1.20 bits per heavy atom. The molecule has 0 aliphatic heterocycles. The van der Waals surface area contributed by atoms with Crippen LogP contribution in [0.25, 0.3) is 0 Å². The van der Waals surface area contributed by atoms with Crippen molar-refractivity contribution in [1.29, 1.82) is 0 Å². The Balaban J connectivity index is 1.33. The van der Waals surface area contributed by atoms with Crippen LogP contribution in [0.3, 0.4) is 0 Å². The highest BCUT2D eigenvalue weighted by Gasteiger charge is 2.15. The first-order valence-corrected chi connectivity index (χ1v) is 10.3. The van der Waals surface area contributed by atoms with Crippen molar-refractivity contribution in [3.05, 3.63) is 57.5 Å². The van der Waals surface area contributed by atoms with Gasteiger partial charge in [-0.05, 0) is 46.7 Å². The molecule has 3 aromatic rings. The molecule has 0 saturated carbocycles. The lowest BCUT2D eigenvalue weighted by Crippen LogP contribution is -2.34. The number of hydrogen-bond acceptors (Lipinski definition) is 7. The first-order chi connectivity index (χ1) is 14.5. The van der Waals surface area contributed by atoms with E-state index in [9.17, 15) is 9.59 Å². The second kappa shape index (κ2) is 10.7. The molecule has 30 heavy (non-hydrogen) atoms. The van der Waals surface area contributed by atoms with Gasteiger partial charge in [-0.15, -0.1) is 0 Å². The minimum absolute atomic E-state index is 0.0889. The van der Waals surface area contributed by atoms with Crippen LogP contribution >= 0.6 is 22.6 Å². The van der Waals surface area contributed by atoms with Crippen molar-refractivity contribution < 1.29 is 18.8 Å². The van der Waals surface area contributed by atoms with E-state index in [1.54, 1.807) is 18.0 Å². The van der Waals surface area contributed by atoms with Gasteiger partial charge in [0.1, 0.15) is 12.3 Å². The minimum Gasteiger partial charge on any atom is -0.497 e. The van der Waals surface area contributed by atoms with Crippen LogP contribution in [0.15, 0.2) is 41.2 Å². The topological polar surface area (TPSA) is 124 Å². The van der Waals surface area contributed by atoms with Crippen LogP contribution in [0.5, 0.6) is 5.75 Å². The monoisotopic (exact) mass is 524 g/mol. The Morgan fingerprint density at radius 3 is 2.67 bits per heavy atom. The predicted octanol–water partition coefficient (Wildman–Crippen LogP) is 1.41. The maximum Gasteiger partial charge on any atom is 0.316 e. The van der Waals surface area contributed by atoms with Gasteiger partial charge >= 0.3 is 11.8 Å². The Hall–Kier alpha value is -2.96. The van der Waals surface area contributed by atoms with Gasteiger partial charge in [0, 0.05) is 25.7 Å². The van der Waals surface area contributed by atoms with E-state index in [1.807, 2.05) is 30.5 Å². The lowest BCUT2D eigenvalue weighted by molar-refractivity contribution is -0.121. The van der Waals surface area contributed by atoms with E-state index in [1.165, 1.54) is 0 Å². The minimum atomic E-state index is -0.490. The van der Waals surface area contributed by atoms with Crippen LogP contribution < -0.4 is 15.4 Å². The number of nitrogens with zero attached hydrogens (tertiary/aromatic N) is 4. The summed E-state index contributed by atoms with van der Waals surface area (Å²) in [5.41, 5.74) is 1.05. The van der Waals surface area contributed by atoms with Crippen molar-refractivity contribution in [2.24, 2.45) is 0 Å². The number of carbonyl (C=O) groups excluding carboxylic acids is 2. The zero-order chi connectivity index (χ0) is 21.3. The van der Waals surface area contributed by atoms with E-state index in [2.05, 4.69) is 48.5 Å². The van der Waals surface area contributed by atoms with Crippen LogP contribution in [-0.2, 0) is 17.8 Å². The molecular formula is C19H21IN6O4. The zero-order valence-corrected chi connectivity index (χ0v) is 18.5. The maximum absolute atomic E-state index is 12.1. The van der Waals surface area contributed by atoms with Crippen molar-refractivity contribution in [3.63, 3.8) is 0 Å². The van der Waals surface area contributed by atoms with Crippen molar-refractivity contribution >= 4 is 34.4 Å². The Kier molecular flexibility index (Phi) is 7.76. The van der Waals surface area contributed by atoms with Crippen molar-refractivity contribution in [2.75, 3.05) is 20.2 Å². The second-order valence-electron chi connectivity index (χ2n) is 6.33. The fraction of sp³-hybridized carbons (Fsp3) is 0.316. The summed E-state index contributed by atoms with van der Waals surface area (Å²) in [4.78, 5) is 28.1. The molecule has 1 aromatic carbocycles. The first-order valence-electron chi connectivity index (χ1n) is 9.22. The number of halogens is 1. The number of nitrogens with one attached hydrogen (secondary N) is 2. The number of amides is 2. The highest BCUT2D eigenvalue weighted by molar-refractivity contribution is 14.1. The molecule has 0 atom stereocenters. The quantitative estimate of drug-likeness (QED) is 0.304. The molecule has 0 fully saturated rings. The van der Waals surface area contributed by atoms with Gasteiger partial charge in [-0.25, -0.2) is 0 Å². The fourth-order valence-corrected chi connectivity index (χ4v) is 3.02. The molecule has 11 heteroatoms. The van der Waals surface area contributed by atoms with Gasteiger partial charge < -0.3 is 19.9 Å². The molecule has 2 N–H and O–H groups in total. The van der Waals surface area contributed by atoms with Crippen LogP contribution in [-0.4, -0.2) is 51.9 Å². The number of ether oxygens (including phenoxy) is 1. The van der Waals surface area contributed by atoms with E-state index in [4.69, 9.17) is 9.26 Å². The van der Waals surface area contributed by atoms with E-state index < -0.39 is 5.91 Å². The summed E-state index contributed by atoms with van der Waals surface area (Å²) in [5, 5.41) is 13.3. The molecule has 0 radical (unpaired) electrons. The molecular weight excluding hydrogens is 503 g/mol. The first kappa shape index (κ1) is 21.7. The van der Waals surface area contributed by atoms with Gasteiger partial charge in [0.05, 0.1) is 16.9 Å². The molecule has 2 heterocycles. The molecule has 3 rings (SSSR count). The van der Waals surface area contributed by atoms with Gasteiger partial charge in [0.15, 0.2) is 5.82 Å². The van der Waals surface area contributed by atoms with E-state index in [-0.39, 0.29) is 18.3 Å². The molecule has 0 aliphatic carbocycles.